The van der Waals surface area contributed by atoms with Crippen LogP contribution in [0.3, 0.4) is 0 Å². The van der Waals surface area contributed by atoms with Gasteiger partial charge in [-0.15, -0.1) is 0 Å². The van der Waals surface area contributed by atoms with E-state index >= 15 is 0 Å². The Morgan fingerprint density at radius 1 is 1.37 bits per heavy atom. The lowest BCUT2D eigenvalue weighted by atomic mass is 10.3. The molecule has 1 aromatic rings. The Bertz CT molecular complexity index is 560. The number of halogens is 4. The lowest BCUT2D eigenvalue weighted by molar-refractivity contribution is -0.135. The zero-order valence-electron chi connectivity index (χ0n) is 9.91. The molecule has 0 fully saturated rings. The molecule has 0 aliphatic heterocycles. The van der Waals surface area contributed by atoms with E-state index in [1.54, 1.807) is 0 Å². The van der Waals surface area contributed by atoms with Gasteiger partial charge in [-0.1, -0.05) is 15.9 Å². The summed E-state index contributed by atoms with van der Waals surface area (Å²) in [6.45, 7) is -0.651. The average molecular weight is 361 g/mol. The Balaban J connectivity index is 2.97. The van der Waals surface area contributed by atoms with Crippen molar-refractivity contribution in [3.63, 3.8) is 0 Å². The molecule has 4 nitrogen and oxygen atoms in total. The molecule has 0 amide bonds. The third-order valence-electron chi connectivity index (χ3n) is 2.37. The van der Waals surface area contributed by atoms with Crippen LogP contribution < -0.4 is 5.73 Å². The summed E-state index contributed by atoms with van der Waals surface area (Å²) in [6, 6.07) is 4.09. The molecule has 0 aromatic heterocycles. The molecule has 1 rings (SSSR count). The van der Waals surface area contributed by atoms with Crippen molar-refractivity contribution in [3.05, 3.63) is 22.7 Å². The van der Waals surface area contributed by atoms with Crippen LogP contribution in [0.15, 0.2) is 27.6 Å². The van der Waals surface area contributed by atoms with E-state index < -0.39 is 29.2 Å². The van der Waals surface area contributed by atoms with E-state index in [0.717, 1.165) is 7.05 Å². The first-order valence-electron chi connectivity index (χ1n) is 5.12. The maximum absolute atomic E-state index is 12.1. The quantitative estimate of drug-likeness (QED) is 0.839. The van der Waals surface area contributed by atoms with Crippen LogP contribution in [0.1, 0.15) is 6.42 Å². The van der Waals surface area contributed by atoms with Crippen molar-refractivity contribution in [2.24, 2.45) is 0 Å². The van der Waals surface area contributed by atoms with Gasteiger partial charge in [0.2, 0.25) is 10.0 Å². The summed E-state index contributed by atoms with van der Waals surface area (Å²) in [7, 11) is -2.94. The number of nitrogens with zero attached hydrogens (tertiary/aromatic N) is 1. The third kappa shape index (κ3) is 4.36. The van der Waals surface area contributed by atoms with Gasteiger partial charge in [0.05, 0.1) is 12.1 Å². The Hall–Kier alpha value is -0.800. The maximum Gasteiger partial charge on any atom is 0.390 e. The number of benzene rings is 1. The Morgan fingerprint density at radius 3 is 2.42 bits per heavy atom. The molecule has 9 heteroatoms. The first kappa shape index (κ1) is 16.3. The van der Waals surface area contributed by atoms with Crippen molar-refractivity contribution < 1.29 is 21.6 Å². The van der Waals surface area contributed by atoms with Crippen LogP contribution in [-0.4, -0.2) is 32.5 Å². The molecule has 0 saturated heterocycles. The maximum atomic E-state index is 12.1. The third-order valence-corrected chi connectivity index (χ3v) is 4.79. The summed E-state index contributed by atoms with van der Waals surface area (Å²) in [6.07, 6.45) is -5.62. The molecule has 108 valence electrons. The van der Waals surface area contributed by atoms with Crippen molar-refractivity contribution in [2.75, 3.05) is 19.3 Å². The minimum Gasteiger partial charge on any atom is -0.398 e. The van der Waals surface area contributed by atoms with Crippen LogP contribution in [0.5, 0.6) is 0 Å². The van der Waals surface area contributed by atoms with Crippen molar-refractivity contribution in [1.82, 2.24) is 4.31 Å². The highest BCUT2D eigenvalue weighted by Gasteiger charge is 2.31. The highest BCUT2D eigenvalue weighted by atomic mass is 79.9. The first-order valence-corrected chi connectivity index (χ1v) is 7.35. The predicted octanol–water partition coefficient (Wildman–Crippen LogP) is 2.60. The van der Waals surface area contributed by atoms with Crippen LogP contribution in [0.4, 0.5) is 18.9 Å². The van der Waals surface area contributed by atoms with Gasteiger partial charge >= 0.3 is 6.18 Å². The lowest BCUT2D eigenvalue weighted by Crippen LogP contribution is -2.31. The molecule has 0 unspecified atom stereocenters. The van der Waals surface area contributed by atoms with E-state index in [-0.39, 0.29) is 10.6 Å². The van der Waals surface area contributed by atoms with E-state index in [1.165, 1.54) is 18.2 Å². The van der Waals surface area contributed by atoms with Gasteiger partial charge < -0.3 is 5.73 Å². The predicted molar refractivity (Wildman–Crippen MR) is 69.0 cm³/mol. The zero-order chi connectivity index (χ0) is 14.8. The molecule has 0 aliphatic carbocycles. The topological polar surface area (TPSA) is 63.4 Å². The fourth-order valence-corrected chi connectivity index (χ4v) is 2.97. The zero-order valence-corrected chi connectivity index (χ0v) is 12.3. The summed E-state index contributed by atoms with van der Waals surface area (Å²) in [4.78, 5) is -0.208. The van der Waals surface area contributed by atoms with Crippen molar-refractivity contribution >= 4 is 31.6 Å². The van der Waals surface area contributed by atoms with Crippen LogP contribution in [0.25, 0.3) is 0 Å². The Kier molecular flexibility index (Phi) is 4.86. The lowest BCUT2D eigenvalue weighted by Gasteiger charge is -2.19. The number of hydrogen-bond donors (Lipinski definition) is 1. The number of alkyl halides is 3. The van der Waals surface area contributed by atoms with Gasteiger partial charge in [0, 0.05) is 18.1 Å². The normalized spacial score (nSPS) is 12.9. The van der Waals surface area contributed by atoms with Crippen LogP contribution in [0, 0.1) is 0 Å². The second kappa shape index (κ2) is 5.68. The van der Waals surface area contributed by atoms with E-state index in [4.69, 9.17) is 5.73 Å². The van der Waals surface area contributed by atoms with Gasteiger partial charge in [0.1, 0.15) is 4.90 Å². The van der Waals surface area contributed by atoms with Gasteiger partial charge in [0.15, 0.2) is 0 Å². The molecule has 0 heterocycles. The SMILES string of the molecule is CN(CCC(F)(F)F)S(=O)(=O)c1ccc(Br)cc1N. The van der Waals surface area contributed by atoms with Crippen LogP contribution in [0.2, 0.25) is 0 Å². The van der Waals surface area contributed by atoms with Gasteiger partial charge in [-0.25, -0.2) is 12.7 Å². The van der Waals surface area contributed by atoms with Crippen molar-refractivity contribution in [3.8, 4) is 0 Å². The Labute approximate surface area is 117 Å². The molecule has 0 saturated carbocycles. The second-order valence-corrected chi connectivity index (χ2v) is 6.80. The van der Waals surface area contributed by atoms with E-state index in [2.05, 4.69) is 15.9 Å². The fourth-order valence-electron chi connectivity index (χ4n) is 1.33. The number of sulfonamides is 1. The van der Waals surface area contributed by atoms with E-state index in [9.17, 15) is 21.6 Å². The standard InChI is InChI=1S/C10H12BrF3N2O2S/c1-16(5-4-10(12,13)14)19(17,18)9-3-2-7(11)6-8(9)15/h2-3,6H,4-5,15H2,1H3. The molecule has 1 aromatic carbocycles. The summed E-state index contributed by atoms with van der Waals surface area (Å²) in [5.41, 5.74) is 5.55. The first-order chi connectivity index (χ1) is 8.54. The van der Waals surface area contributed by atoms with E-state index in [1.807, 2.05) is 0 Å². The molecule has 0 spiro atoms. The van der Waals surface area contributed by atoms with Crippen molar-refractivity contribution in [2.45, 2.75) is 17.5 Å². The largest absolute Gasteiger partial charge is 0.398 e. The van der Waals surface area contributed by atoms with Crippen molar-refractivity contribution in [1.29, 1.82) is 0 Å². The minimum absolute atomic E-state index is 0.0202. The number of rotatable bonds is 4. The smallest absolute Gasteiger partial charge is 0.390 e. The summed E-state index contributed by atoms with van der Waals surface area (Å²) >= 11 is 3.12. The highest BCUT2D eigenvalue weighted by molar-refractivity contribution is 9.10. The molecule has 0 aliphatic rings. The number of nitrogens with two attached hydrogens (primary N) is 1. The molecular weight excluding hydrogens is 349 g/mol. The van der Waals surface area contributed by atoms with Gasteiger partial charge in [0.25, 0.3) is 0 Å². The van der Waals surface area contributed by atoms with Crippen LogP contribution in [-0.2, 0) is 10.0 Å². The Morgan fingerprint density at radius 2 is 1.95 bits per heavy atom. The van der Waals surface area contributed by atoms with Gasteiger partial charge in [-0.3, -0.25) is 0 Å². The fraction of sp³-hybridized carbons (Fsp3) is 0.400. The number of nitrogen functional groups attached to an aromatic ring is 1. The number of anilines is 1. The molecule has 0 atom stereocenters. The molecular formula is C10H12BrF3N2O2S. The molecule has 0 radical (unpaired) electrons. The molecule has 19 heavy (non-hydrogen) atoms. The second-order valence-electron chi connectivity index (χ2n) is 3.87. The number of hydrogen-bond acceptors (Lipinski definition) is 3. The monoisotopic (exact) mass is 360 g/mol. The molecule has 2 N–H and O–H groups in total. The average Bonchev–Trinajstić information content (AvgIpc) is 2.24. The molecule has 0 bridgehead atoms. The summed E-state index contributed by atoms with van der Waals surface area (Å²) < 4.78 is 61.6. The highest BCUT2D eigenvalue weighted by Crippen LogP contribution is 2.26. The summed E-state index contributed by atoms with van der Waals surface area (Å²) in [5, 5.41) is 0. The summed E-state index contributed by atoms with van der Waals surface area (Å²) in [5.74, 6) is 0. The van der Waals surface area contributed by atoms with Gasteiger partial charge in [-0.2, -0.15) is 13.2 Å². The van der Waals surface area contributed by atoms with Gasteiger partial charge in [-0.05, 0) is 18.2 Å². The minimum atomic E-state index is -4.41. The van der Waals surface area contributed by atoms with Crippen LogP contribution >= 0.6 is 15.9 Å². The van der Waals surface area contributed by atoms with E-state index in [0.29, 0.717) is 8.78 Å².